The molecule has 0 aliphatic heterocycles. The van der Waals surface area contributed by atoms with Crippen LogP contribution in [-0.4, -0.2) is 16.3 Å². The molecular weight excluding hydrogens is 314 g/mol. The van der Waals surface area contributed by atoms with Crippen LogP contribution in [0.3, 0.4) is 0 Å². The Kier molecular flexibility index (Phi) is 5.80. The average molecular weight is 336 g/mol. The van der Waals surface area contributed by atoms with Crippen LogP contribution < -0.4 is 5.32 Å². The summed E-state index contributed by atoms with van der Waals surface area (Å²) < 4.78 is 3.14. The van der Waals surface area contributed by atoms with Gasteiger partial charge >= 0.3 is 0 Å². The third-order valence-corrected chi connectivity index (χ3v) is 3.94. The van der Waals surface area contributed by atoms with Gasteiger partial charge in [-0.1, -0.05) is 32.4 Å². The monoisotopic (exact) mass is 335 g/mol. The fourth-order valence-electron chi connectivity index (χ4n) is 2.29. The van der Waals surface area contributed by atoms with E-state index in [-0.39, 0.29) is 0 Å². The summed E-state index contributed by atoms with van der Waals surface area (Å²) in [4.78, 5) is 0. The molecule has 0 amide bonds. The predicted molar refractivity (Wildman–Crippen MR) is 87.3 cm³/mol. The summed E-state index contributed by atoms with van der Waals surface area (Å²) in [7, 11) is 0. The van der Waals surface area contributed by atoms with Crippen molar-refractivity contribution in [3.05, 3.63) is 46.2 Å². The van der Waals surface area contributed by atoms with Gasteiger partial charge in [-0.25, -0.2) is 4.68 Å². The summed E-state index contributed by atoms with van der Waals surface area (Å²) in [6.07, 6.45) is 5.32. The van der Waals surface area contributed by atoms with Crippen molar-refractivity contribution in [2.24, 2.45) is 0 Å². The van der Waals surface area contributed by atoms with Crippen LogP contribution in [0, 0.1) is 0 Å². The lowest BCUT2D eigenvalue weighted by atomic mass is 10.1. The zero-order valence-electron chi connectivity index (χ0n) is 12.2. The van der Waals surface area contributed by atoms with E-state index in [0.717, 1.165) is 42.5 Å². The van der Waals surface area contributed by atoms with E-state index in [1.54, 1.807) is 0 Å². The van der Waals surface area contributed by atoms with Crippen LogP contribution in [0.25, 0.3) is 5.69 Å². The summed E-state index contributed by atoms with van der Waals surface area (Å²) in [5, 5.41) is 8.06. The Bertz CT molecular complexity index is 548. The van der Waals surface area contributed by atoms with E-state index < -0.39 is 0 Å². The van der Waals surface area contributed by atoms with Gasteiger partial charge in [0.2, 0.25) is 0 Å². The van der Waals surface area contributed by atoms with Crippen molar-refractivity contribution in [3.8, 4) is 5.69 Å². The van der Waals surface area contributed by atoms with Gasteiger partial charge in [0.25, 0.3) is 0 Å². The van der Waals surface area contributed by atoms with Crippen LogP contribution in [0.2, 0.25) is 0 Å². The maximum atomic E-state index is 4.59. The smallest absolute Gasteiger partial charge is 0.0790 e. The third-order valence-electron chi connectivity index (χ3n) is 3.27. The van der Waals surface area contributed by atoms with Crippen molar-refractivity contribution in [2.75, 3.05) is 6.54 Å². The number of hydrogen-bond donors (Lipinski definition) is 1. The summed E-state index contributed by atoms with van der Waals surface area (Å²) >= 11 is 3.61. The Labute approximate surface area is 129 Å². The van der Waals surface area contributed by atoms with Gasteiger partial charge in [-0.05, 0) is 47.4 Å². The highest BCUT2D eigenvalue weighted by atomic mass is 79.9. The molecule has 0 fully saturated rings. The van der Waals surface area contributed by atoms with Gasteiger partial charge in [0.1, 0.15) is 0 Å². The second kappa shape index (κ2) is 7.60. The Morgan fingerprint density at radius 1 is 1.20 bits per heavy atom. The first-order valence-corrected chi connectivity index (χ1v) is 8.08. The summed E-state index contributed by atoms with van der Waals surface area (Å²) in [5.74, 6) is 0. The quantitative estimate of drug-likeness (QED) is 0.772. The molecule has 0 spiro atoms. The number of benzene rings is 1. The van der Waals surface area contributed by atoms with Crippen molar-refractivity contribution < 1.29 is 0 Å². The number of nitrogens with one attached hydrogen (secondary N) is 1. The zero-order chi connectivity index (χ0) is 14.4. The lowest BCUT2D eigenvalue weighted by Gasteiger charge is -2.11. The fourth-order valence-corrected chi connectivity index (χ4v) is 2.74. The molecule has 20 heavy (non-hydrogen) atoms. The molecule has 0 radical (unpaired) electrons. The first kappa shape index (κ1) is 15.3. The molecule has 1 aromatic heterocycles. The second-order valence-corrected chi connectivity index (χ2v) is 5.76. The van der Waals surface area contributed by atoms with Crippen LogP contribution in [0.5, 0.6) is 0 Å². The van der Waals surface area contributed by atoms with E-state index in [9.17, 15) is 0 Å². The van der Waals surface area contributed by atoms with Gasteiger partial charge in [-0.2, -0.15) is 5.10 Å². The van der Waals surface area contributed by atoms with E-state index in [1.165, 1.54) is 11.3 Å². The van der Waals surface area contributed by atoms with Crippen molar-refractivity contribution in [2.45, 2.75) is 39.7 Å². The highest BCUT2D eigenvalue weighted by Crippen LogP contribution is 2.23. The Hall–Kier alpha value is -1.13. The third kappa shape index (κ3) is 3.49. The Balaban J connectivity index is 2.31. The highest BCUT2D eigenvalue weighted by Gasteiger charge is 2.12. The maximum absolute atomic E-state index is 4.59. The molecule has 3 nitrogen and oxygen atoms in total. The molecule has 4 heteroatoms. The molecule has 2 rings (SSSR count). The average Bonchev–Trinajstić information content (AvgIpc) is 2.83. The lowest BCUT2D eigenvalue weighted by molar-refractivity contribution is 0.666. The topological polar surface area (TPSA) is 29.9 Å². The molecule has 108 valence electrons. The minimum atomic E-state index is 0.896. The molecule has 0 saturated carbocycles. The number of hydrogen-bond acceptors (Lipinski definition) is 2. The second-order valence-electron chi connectivity index (χ2n) is 4.91. The molecule has 0 bridgehead atoms. The predicted octanol–water partition coefficient (Wildman–Crippen LogP) is 4.09. The van der Waals surface area contributed by atoms with Gasteiger partial charge in [-0.3, -0.25) is 0 Å². The fraction of sp³-hybridized carbons (Fsp3) is 0.438. The van der Waals surface area contributed by atoms with Crippen LogP contribution in [0.15, 0.2) is 34.9 Å². The first-order chi connectivity index (χ1) is 9.77. The molecule has 0 aliphatic carbocycles. The van der Waals surface area contributed by atoms with Gasteiger partial charge in [0, 0.05) is 22.3 Å². The van der Waals surface area contributed by atoms with Gasteiger partial charge in [0.05, 0.1) is 11.9 Å². The largest absolute Gasteiger partial charge is 0.313 e. The summed E-state index contributed by atoms with van der Waals surface area (Å²) in [5.41, 5.74) is 3.72. The van der Waals surface area contributed by atoms with Crippen LogP contribution >= 0.6 is 15.9 Å². The molecule has 0 saturated heterocycles. The van der Waals surface area contributed by atoms with E-state index in [4.69, 9.17) is 0 Å². The van der Waals surface area contributed by atoms with Crippen molar-refractivity contribution in [3.63, 3.8) is 0 Å². The number of halogens is 1. The van der Waals surface area contributed by atoms with Gasteiger partial charge < -0.3 is 5.32 Å². The number of rotatable bonds is 7. The molecule has 1 aromatic carbocycles. The Morgan fingerprint density at radius 3 is 2.70 bits per heavy atom. The maximum Gasteiger partial charge on any atom is 0.0790 e. The molecule has 2 aromatic rings. The van der Waals surface area contributed by atoms with E-state index in [2.05, 4.69) is 57.0 Å². The first-order valence-electron chi connectivity index (χ1n) is 7.29. The van der Waals surface area contributed by atoms with Crippen LogP contribution in [0.4, 0.5) is 0 Å². The lowest BCUT2D eigenvalue weighted by Crippen LogP contribution is -2.15. The van der Waals surface area contributed by atoms with Crippen LogP contribution in [0.1, 0.15) is 37.9 Å². The summed E-state index contributed by atoms with van der Waals surface area (Å²) in [6, 6.07) is 8.23. The molecular formula is C16H22BrN3. The molecule has 1 N–H and O–H groups in total. The number of aromatic nitrogens is 2. The normalized spacial score (nSPS) is 10.9. The molecule has 0 unspecified atom stereocenters. The molecule has 1 heterocycles. The van der Waals surface area contributed by atoms with Crippen molar-refractivity contribution in [1.82, 2.24) is 15.1 Å². The molecule has 0 aliphatic rings. The van der Waals surface area contributed by atoms with E-state index >= 15 is 0 Å². The van der Waals surface area contributed by atoms with Crippen LogP contribution in [-0.2, 0) is 13.0 Å². The summed E-state index contributed by atoms with van der Waals surface area (Å²) in [6.45, 7) is 6.34. The standard InChI is InChI=1S/C16H22BrN3/c1-3-7-15-13(11-18-10-4-2)12-19-20(15)16-9-6-5-8-14(16)17/h5-6,8-9,12,18H,3-4,7,10-11H2,1-2H3. The Morgan fingerprint density at radius 2 is 2.00 bits per heavy atom. The molecule has 0 atom stereocenters. The minimum absolute atomic E-state index is 0.896. The van der Waals surface area contributed by atoms with Gasteiger partial charge in [0.15, 0.2) is 0 Å². The SMILES string of the molecule is CCCNCc1cnn(-c2ccccc2Br)c1CCC. The van der Waals surface area contributed by atoms with E-state index in [1.807, 2.05) is 18.3 Å². The zero-order valence-corrected chi connectivity index (χ0v) is 13.8. The highest BCUT2D eigenvalue weighted by molar-refractivity contribution is 9.10. The van der Waals surface area contributed by atoms with Crippen molar-refractivity contribution >= 4 is 15.9 Å². The van der Waals surface area contributed by atoms with Gasteiger partial charge in [-0.15, -0.1) is 0 Å². The van der Waals surface area contributed by atoms with E-state index in [0.29, 0.717) is 0 Å². The minimum Gasteiger partial charge on any atom is -0.313 e. The van der Waals surface area contributed by atoms with Crippen molar-refractivity contribution in [1.29, 1.82) is 0 Å². The number of nitrogens with zero attached hydrogens (tertiary/aromatic N) is 2. The number of para-hydroxylation sites is 1.